The second-order valence-electron chi connectivity index (χ2n) is 8.09. The molecule has 8 nitrogen and oxygen atoms in total. The van der Waals surface area contributed by atoms with Gasteiger partial charge in [0.05, 0.1) is 33.5 Å². The molecule has 1 amide bonds. The lowest BCUT2D eigenvalue weighted by molar-refractivity contribution is -0.137. The summed E-state index contributed by atoms with van der Waals surface area (Å²) in [5.74, 6) is -0.114. The average molecular weight is 582 g/mol. The van der Waals surface area contributed by atoms with Crippen molar-refractivity contribution in [2.75, 3.05) is 38.9 Å². The van der Waals surface area contributed by atoms with Crippen molar-refractivity contribution in [3.63, 3.8) is 0 Å². The number of ether oxygens (including phenoxy) is 2. The third-order valence-electron chi connectivity index (χ3n) is 4.90. The second-order valence-corrected chi connectivity index (χ2v) is 8.93. The molecule has 1 aliphatic rings. The van der Waals surface area contributed by atoms with Gasteiger partial charge in [0, 0.05) is 33.4 Å². The Kier molecular flexibility index (Phi) is 15.8. The zero-order valence-corrected chi connectivity index (χ0v) is 23.4. The number of aromatic nitrogens is 1. The van der Waals surface area contributed by atoms with Crippen LogP contribution in [0.15, 0.2) is 30.5 Å². The number of methoxy groups -OCH3 is 1. The monoisotopic (exact) mass is 581 g/mol. The number of morpholine rings is 1. The van der Waals surface area contributed by atoms with Crippen molar-refractivity contribution in [2.45, 2.75) is 39.2 Å². The maximum absolute atomic E-state index is 12.8. The topological polar surface area (TPSA) is 89.0 Å². The molecule has 0 N–H and O–H groups in total. The number of nitrogens with zero attached hydrogens (tertiary/aromatic N) is 3. The molecule has 0 saturated carbocycles. The van der Waals surface area contributed by atoms with Crippen LogP contribution in [0.3, 0.4) is 0 Å². The Morgan fingerprint density at radius 2 is 1.71 bits per heavy atom. The van der Waals surface area contributed by atoms with Crippen molar-refractivity contribution in [1.82, 2.24) is 9.88 Å². The molecule has 0 radical (unpaired) electrons. The Hall–Kier alpha value is -2.73. The van der Waals surface area contributed by atoms with E-state index in [0.717, 1.165) is 6.07 Å². The largest absolute Gasteiger partial charge is 0.417 e. The summed E-state index contributed by atoms with van der Waals surface area (Å²) < 4.78 is 47.2. The number of rotatable bonds is 4. The molecule has 212 valence electrons. The quantitative estimate of drug-likeness (QED) is 0.451. The molecule has 0 spiro atoms. The van der Waals surface area contributed by atoms with Gasteiger partial charge in [0.15, 0.2) is 5.69 Å². The van der Waals surface area contributed by atoms with E-state index in [0.29, 0.717) is 41.8 Å². The predicted molar refractivity (Wildman–Crippen MR) is 141 cm³/mol. The molecular weight excluding hydrogens is 550 g/mol. The van der Waals surface area contributed by atoms with Gasteiger partial charge >= 0.3 is 6.18 Å². The van der Waals surface area contributed by atoms with Crippen molar-refractivity contribution in [1.29, 1.82) is 0 Å². The minimum Gasteiger partial charge on any atom is -0.372 e. The molecule has 0 aliphatic carbocycles. The molecule has 2 heterocycles. The number of pyridine rings is 1. The van der Waals surface area contributed by atoms with E-state index >= 15 is 0 Å². The highest BCUT2D eigenvalue weighted by Gasteiger charge is 2.33. The molecule has 2 aromatic rings. The number of aryl methyl sites for hydroxylation is 1. The Morgan fingerprint density at radius 3 is 2.18 bits per heavy atom. The molecule has 0 bridgehead atoms. The van der Waals surface area contributed by atoms with E-state index in [4.69, 9.17) is 42.3 Å². The second kappa shape index (κ2) is 17.0. The van der Waals surface area contributed by atoms with Crippen molar-refractivity contribution in [2.24, 2.45) is 0 Å². The van der Waals surface area contributed by atoms with Crippen LogP contribution in [0.4, 0.5) is 18.9 Å². The van der Waals surface area contributed by atoms with Crippen LogP contribution in [0.5, 0.6) is 0 Å². The molecular formula is C25H32Cl2F3N3O5. The van der Waals surface area contributed by atoms with Crippen LogP contribution in [0.1, 0.15) is 35.5 Å². The van der Waals surface area contributed by atoms with Crippen molar-refractivity contribution < 1.29 is 37.0 Å². The summed E-state index contributed by atoms with van der Waals surface area (Å²) in [6.45, 7) is 11.0. The summed E-state index contributed by atoms with van der Waals surface area (Å²) in [6.07, 6.45) is -2.84. The Bertz CT molecular complexity index is 1020. The summed E-state index contributed by atoms with van der Waals surface area (Å²) >= 11 is 11.4. The van der Waals surface area contributed by atoms with Gasteiger partial charge in [-0.25, -0.2) is 4.98 Å². The maximum Gasteiger partial charge on any atom is 0.417 e. The number of carbonyl (C=O) groups excluding carboxylic acids is 3. The first kappa shape index (κ1) is 35.3. The smallest absolute Gasteiger partial charge is 0.372 e. The van der Waals surface area contributed by atoms with Crippen molar-refractivity contribution in [3.05, 3.63) is 57.3 Å². The molecule has 3 rings (SSSR count). The summed E-state index contributed by atoms with van der Waals surface area (Å²) in [7, 11) is 3.43. The fourth-order valence-electron chi connectivity index (χ4n) is 3.50. The zero-order chi connectivity index (χ0) is 29.6. The number of carbonyl (C=O) groups is 3. The molecule has 1 aromatic carbocycles. The summed E-state index contributed by atoms with van der Waals surface area (Å²) in [4.78, 5) is 36.7. The van der Waals surface area contributed by atoms with Gasteiger partial charge in [0.25, 0.3) is 5.91 Å². The molecule has 1 aromatic heterocycles. The maximum atomic E-state index is 12.8. The highest BCUT2D eigenvalue weighted by Crippen LogP contribution is 2.34. The van der Waals surface area contributed by atoms with E-state index in [1.807, 2.05) is 34.5 Å². The van der Waals surface area contributed by atoms with Crippen molar-refractivity contribution in [3.8, 4) is 0 Å². The van der Waals surface area contributed by atoms with Crippen molar-refractivity contribution >= 4 is 48.4 Å². The first-order valence-electron chi connectivity index (χ1n) is 11.0. The Balaban J connectivity index is 0.000000723. The van der Waals surface area contributed by atoms with Gasteiger partial charge in [-0.05, 0) is 39.0 Å². The Labute approximate surface area is 230 Å². The number of benzene rings is 1. The average Bonchev–Trinajstić information content (AvgIpc) is 2.87. The number of hydrogen-bond acceptors (Lipinski definition) is 7. The lowest BCUT2D eigenvalue weighted by Gasteiger charge is -2.35. The van der Waals surface area contributed by atoms with E-state index in [1.54, 1.807) is 29.9 Å². The van der Waals surface area contributed by atoms with Gasteiger partial charge in [-0.2, -0.15) is 13.2 Å². The van der Waals surface area contributed by atoms with Crippen LogP contribution in [0, 0.1) is 6.92 Å². The Morgan fingerprint density at radius 1 is 1.16 bits per heavy atom. The highest BCUT2D eigenvalue weighted by molar-refractivity contribution is 6.31. The standard InChI is InChI=1S/C15H22ClN3O3.C8H6ClF3.2CH2O/c1-10-7-19(8-11(2)22-10)15(20)14-13(18(3)9-21-4)5-12(16)6-17-14;1-5-2-3-7(9)6(4-5)8(10,11)12;2*1-2/h5-6,10-11H,7-9H2,1-4H3;2-4H,1H3;2*1H2. The normalized spacial score (nSPS) is 16.5. The van der Waals surface area contributed by atoms with E-state index in [9.17, 15) is 18.0 Å². The molecule has 1 saturated heterocycles. The van der Waals surface area contributed by atoms with Gasteiger partial charge in [-0.15, -0.1) is 0 Å². The van der Waals surface area contributed by atoms with Gasteiger partial charge in [-0.3, -0.25) is 4.79 Å². The molecule has 1 aliphatic heterocycles. The summed E-state index contributed by atoms with van der Waals surface area (Å²) in [5, 5.41) is 0.228. The van der Waals surface area contributed by atoms with Gasteiger partial charge in [-0.1, -0.05) is 34.8 Å². The van der Waals surface area contributed by atoms with Crippen LogP contribution in [-0.2, 0) is 25.2 Å². The number of halogens is 5. The van der Waals surface area contributed by atoms with Gasteiger partial charge in [0.1, 0.15) is 20.3 Å². The van der Waals surface area contributed by atoms with Crippen LogP contribution in [-0.4, -0.2) is 75.6 Å². The molecule has 2 atom stereocenters. The van der Waals surface area contributed by atoms with Crippen LogP contribution in [0.2, 0.25) is 10.0 Å². The molecule has 38 heavy (non-hydrogen) atoms. The van der Waals surface area contributed by atoms with Crippen LogP contribution >= 0.6 is 23.2 Å². The lowest BCUT2D eigenvalue weighted by Crippen LogP contribution is -2.48. The van der Waals surface area contributed by atoms with Crippen LogP contribution < -0.4 is 4.90 Å². The highest BCUT2D eigenvalue weighted by atomic mass is 35.5. The first-order chi connectivity index (χ1) is 17.8. The first-order valence-corrected chi connectivity index (χ1v) is 11.8. The number of hydrogen-bond donors (Lipinski definition) is 0. The van der Waals surface area contributed by atoms with E-state index in [1.165, 1.54) is 18.3 Å². The number of alkyl halides is 3. The zero-order valence-electron chi connectivity index (χ0n) is 21.8. The predicted octanol–water partition coefficient (Wildman–Crippen LogP) is 5.32. The van der Waals surface area contributed by atoms with Gasteiger partial charge < -0.3 is 28.9 Å². The minimum atomic E-state index is -4.36. The molecule has 2 unspecified atom stereocenters. The molecule has 1 fully saturated rings. The van der Waals surface area contributed by atoms with E-state index < -0.39 is 11.7 Å². The van der Waals surface area contributed by atoms with E-state index in [-0.39, 0.29) is 23.1 Å². The number of amides is 1. The lowest BCUT2D eigenvalue weighted by atomic mass is 10.1. The fourth-order valence-corrected chi connectivity index (χ4v) is 3.87. The third-order valence-corrected chi connectivity index (χ3v) is 5.44. The summed E-state index contributed by atoms with van der Waals surface area (Å²) in [5.41, 5.74) is 0.812. The van der Waals surface area contributed by atoms with E-state index in [2.05, 4.69) is 4.98 Å². The SMILES string of the molecule is C=O.C=O.COCN(C)c1cc(Cl)cnc1C(=O)N1CC(C)OC(C)C1.Cc1ccc(Cl)c(C(F)(F)F)c1. The third kappa shape index (κ3) is 10.9. The minimum absolute atomic E-state index is 0.0140. The number of anilines is 1. The fraction of sp³-hybridized carbons (Fsp3) is 0.440. The van der Waals surface area contributed by atoms with Crippen LogP contribution in [0.25, 0.3) is 0 Å². The van der Waals surface area contributed by atoms with Gasteiger partial charge in [0.2, 0.25) is 0 Å². The summed E-state index contributed by atoms with van der Waals surface area (Å²) in [6, 6.07) is 5.55. The molecule has 13 heteroatoms.